The fraction of sp³-hybridized carbons (Fsp3) is 0.615. The lowest BCUT2D eigenvalue weighted by Gasteiger charge is -2.14. The third-order valence-electron chi connectivity index (χ3n) is 4.08. The molecule has 2 aliphatic rings. The minimum atomic E-state index is -0.203. The summed E-state index contributed by atoms with van der Waals surface area (Å²) < 4.78 is 0. The smallest absolute Gasteiger partial charge is 0.271 e. The van der Waals surface area contributed by atoms with Crippen LogP contribution in [0.15, 0.2) is 12.1 Å². The topological polar surface area (TPSA) is 66.9 Å². The molecule has 3 rings (SSSR count). The van der Waals surface area contributed by atoms with Gasteiger partial charge in [0.1, 0.15) is 5.82 Å². The van der Waals surface area contributed by atoms with E-state index in [0.717, 1.165) is 18.3 Å². The maximum absolute atomic E-state index is 11.3. The van der Waals surface area contributed by atoms with Crippen LogP contribution in [0.5, 0.6) is 0 Å². The van der Waals surface area contributed by atoms with Gasteiger partial charge in [-0.15, -0.1) is 10.2 Å². The van der Waals surface area contributed by atoms with Crippen LogP contribution in [0.4, 0.5) is 5.82 Å². The van der Waals surface area contributed by atoms with Crippen molar-refractivity contribution in [2.24, 2.45) is 11.3 Å². The predicted octanol–water partition coefficient (Wildman–Crippen LogP) is 1.44. The SMILES string of the molecule is CNC(=O)c1ccc(NCC2(C3CC3)CC2)nn1. The van der Waals surface area contributed by atoms with Gasteiger partial charge in [0.05, 0.1) is 0 Å². The molecule has 0 unspecified atom stereocenters. The predicted molar refractivity (Wildman–Crippen MR) is 68.3 cm³/mol. The van der Waals surface area contributed by atoms with Crippen molar-refractivity contribution < 1.29 is 4.79 Å². The molecule has 96 valence electrons. The van der Waals surface area contributed by atoms with Gasteiger partial charge in [-0.1, -0.05) is 0 Å². The molecule has 2 saturated carbocycles. The van der Waals surface area contributed by atoms with Crippen LogP contribution in [0, 0.1) is 11.3 Å². The van der Waals surface area contributed by atoms with Crippen molar-refractivity contribution >= 4 is 11.7 Å². The molecule has 1 aromatic rings. The van der Waals surface area contributed by atoms with Gasteiger partial charge in [0, 0.05) is 13.6 Å². The van der Waals surface area contributed by atoms with Gasteiger partial charge >= 0.3 is 0 Å². The Kier molecular flexibility index (Phi) is 2.69. The van der Waals surface area contributed by atoms with Gasteiger partial charge in [0.15, 0.2) is 5.69 Å². The van der Waals surface area contributed by atoms with Gasteiger partial charge in [-0.05, 0) is 49.1 Å². The molecule has 0 radical (unpaired) electrons. The van der Waals surface area contributed by atoms with E-state index in [2.05, 4.69) is 20.8 Å². The van der Waals surface area contributed by atoms with E-state index in [9.17, 15) is 4.79 Å². The number of rotatable bonds is 5. The van der Waals surface area contributed by atoms with Crippen LogP contribution in [0.2, 0.25) is 0 Å². The molecule has 2 fully saturated rings. The minimum absolute atomic E-state index is 0.203. The van der Waals surface area contributed by atoms with Crippen LogP contribution in [0.3, 0.4) is 0 Å². The summed E-state index contributed by atoms with van der Waals surface area (Å²) in [7, 11) is 1.59. The Balaban J connectivity index is 1.58. The highest BCUT2D eigenvalue weighted by Gasteiger charge is 2.53. The van der Waals surface area contributed by atoms with Gasteiger partial charge in [-0.2, -0.15) is 0 Å². The number of hydrogen-bond donors (Lipinski definition) is 2. The zero-order valence-electron chi connectivity index (χ0n) is 10.6. The van der Waals surface area contributed by atoms with E-state index < -0.39 is 0 Å². The van der Waals surface area contributed by atoms with Crippen molar-refractivity contribution in [3.63, 3.8) is 0 Å². The molecule has 0 aromatic carbocycles. The molecule has 5 heteroatoms. The van der Waals surface area contributed by atoms with Crippen molar-refractivity contribution in [2.45, 2.75) is 25.7 Å². The highest BCUT2D eigenvalue weighted by atomic mass is 16.1. The zero-order valence-corrected chi connectivity index (χ0v) is 10.6. The van der Waals surface area contributed by atoms with E-state index in [1.165, 1.54) is 25.7 Å². The monoisotopic (exact) mass is 246 g/mol. The highest BCUT2D eigenvalue weighted by molar-refractivity contribution is 5.91. The maximum Gasteiger partial charge on any atom is 0.271 e. The Morgan fingerprint density at radius 1 is 1.39 bits per heavy atom. The number of anilines is 1. The first-order valence-corrected chi connectivity index (χ1v) is 6.53. The van der Waals surface area contributed by atoms with Crippen LogP contribution in [0.1, 0.15) is 36.2 Å². The Hall–Kier alpha value is -1.65. The van der Waals surface area contributed by atoms with Crippen LogP contribution in [-0.4, -0.2) is 29.7 Å². The molecule has 0 aliphatic heterocycles. The number of carbonyl (C=O) groups excluding carboxylic acids is 1. The van der Waals surface area contributed by atoms with Crippen molar-refractivity contribution in [3.05, 3.63) is 17.8 Å². The van der Waals surface area contributed by atoms with Crippen LogP contribution in [-0.2, 0) is 0 Å². The number of amides is 1. The molecule has 1 heterocycles. The average molecular weight is 246 g/mol. The lowest BCUT2D eigenvalue weighted by atomic mass is 10.0. The summed E-state index contributed by atoms with van der Waals surface area (Å²) in [6.45, 7) is 0.992. The summed E-state index contributed by atoms with van der Waals surface area (Å²) in [6.07, 6.45) is 5.47. The molecular formula is C13H18N4O. The van der Waals surface area contributed by atoms with Crippen molar-refractivity contribution in [3.8, 4) is 0 Å². The Morgan fingerprint density at radius 2 is 2.17 bits per heavy atom. The van der Waals surface area contributed by atoms with Gasteiger partial charge in [0.2, 0.25) is 0 Å². The summed E-state index contributed by atoms with van der Waals surface area (Å²) >= 11 is 0. The summed E-state index contributed by atoms with van der Waals surface area (Å²) in [4.78, 5) is 11.3. The standard InChI is InChI=1S/C13H18N4O/c1-14-12(18)10-4-5-11(17-16-10)15-8-13(6-7-13)9-2-3-9/h4-5,9H,2-3,6-8H2,1H3,(H,14,18)(H,15,17). The van der Waals surface area contributed by atoms with E-state index in [-0.39, 0.29) is 5.91 Å². The number of carbonyl (C=O) groups is 1. The van der Waals surface area contributed by atoms with E-state index in [1.807, 2.05) is 6.07 Å². The normalized spacial score (nSPS) is 20.3. The Labute approximate surface area is 106 Å². The van der Waals surface area contributed by atoms with Crippen molar-refractivity contribution in [2.75, 3.05) is 18.9 Å². The lowest BCUT2D eigenvalue weighted by molar-refractivity contribution is 0.0957. The van der Waals surface area contributed by atoms with Gasteiger partial charge in [-0.3, -0.25) is 4.79 Å². The molecule has 0 spiro atoms. The second-order valence-electron chi connectivity index (χ2n) is 5.37. The summed E-state index contributed by atoms with van der Waals surface area (Å²) in [5, 5.41) is 13.8. The molecule has 0 bridgehead atoms. The third-order valence-corrected chi connectivity index (χ3v) is 4.08. The van der Waals surface area contributed by atoms with Gasteiger partial charge < -0.3 is 10.6 Å². The van der Waals surface area contributed by atoms with Crippen LogP contribution < -0.4 is 10.6 Å². The molecule has 18 heavy (non-hydrogen) atoms. The second-order valence-corrected chi connectivity index (χ2v) is 5.37. The fourth-order valence-corrected chi connectivity index (χ4v) is 2.53. The highest BCUT2D eigenvalue weighted by Crippen LogP contribution is 2.61. The first-order valence-electron chi connectivity index (χ1n) is 6.53. The number of hydrogen-bond acceptors (Lipinski definition) is 4. The lowest BCUT2D eigenvalue weighted by Crippen LogP contribution is -2.21. The molecule has 0 atom stereocenters. The average Bonchev–Trinajstić information content (AvgIpc) is 3.28. The quantitative estimate of drug-likeness (QED) is 0.825. The molecule has 1 aromatic heterocycles. The molecule has 5 nitrogen and oxygen atoms in total. The minimum Gasteiger partial charge on any atom is -0.368 e. The first-order chi connectivity index (χ1) is 8.73. The third kappa shape index (κ3) is 2.17. The second kappa shape index (κ2) is 4.23. The molecule has 2 aliphatic carbocycles. The largest absolute Gasteiger partial charge is 0.368 e. The molecule has 2 N–H and O–H groups in total. The fourth-order valence-electron chi connectivity index (χ4n) is 2.53. The van der Waals surface area contributed by atoms with E-state index >= 15 is 0 Å². The zero-order chi connectivity index (χ0) is 12.6. The number of nitrogens with zero attached hydrogens (tertiary/aromatic N) is 2. The van der Waals surface area contributed by atoms with Crippen LogP contribution >= 0.6 is 0 Å². The Bertz CT molecular complexity index is 449. The summed E-state index contributed by atoms with van der Waals surface area (Å²) in [5.74, 6) is 1.49. The van der Waals surface area contributed by atoms with Gasteiger partial charge in [-0.25, -0.2) is 0 Å². The van der Waals surface area contributed by atoms with Crippen LogP contribution in [0.25, 0.3) is 0 Å². The van der Waals surface area contributed by atoms with Gasteiger partial charge in [0.25, 0.3) is 5.91 Å². The number of nitrogens with one attached hydrogen (secondary N) is 2. The first kappa shape index (κ1) is 11.4. The van der Waals surface area contributed by atoms with Crippen molar-refractivity contribution in [1.82, 2.24) is 15.5 Å². The maximum atomic E-state index is 11.3. The summed E-state index contributed by atoms with van der Waals surface area (Å²) in [6, 6.07) is 3.52. The Morgan fingerprint density at radius 3 is 2.67 bits per heavy atom. The summed E-state index contributed by atoms with van der Waals surface area (Å²) in [5.41, 5.74) is 0.896. The molecule has 0 saturated heterocycles. The molecule has 1 amide bonds. The van der Waals surface area contributed by atoms with Crippen molar-refractivity contribution in [1.29, 1.82) is 0 Å². The molecular weight excluding hydrogens is 228 g/mol. The number of aromatic nitrogens is 2. The van der Waals surface area contributed by atoms with E-state index in [4.69, 9.17) is 0 Å². The van der Waals surface area contributed by atoms with E-state index in [1.54, 1.807) is 13.1 Å². The van der Waals surface area contributed by atoms with E-state index in [0.29, 0.717) is 11.1 Å².